The molecule has 0 spiro atoms. The van der Waals surface area contributed by atoms with Gasteiger partial charge in [0.25, 0.3) is 5.91 Å². The maximum atomic E-state index is 12.5. The topological polar surface area (TPSA) is 46.6 Å². The molecule has 1 heterocycles. The molecule has 120 valence electrons. The molecule has 0 radical (unpaired) electrons. The van der Waals surface area contributed by atoms with E-state index in [1.165, 1.54) is 0 Å². The van der Waals surface area contributed by atoms with E-state index in [-0.39, 0.29) is 11.9 Å². The summed E-state index contributed by atoms with van der Waals surface area (Å²) in [4.78, 5) is 26.5. The summed E-state index contributed by atoms with van der Waals surface area (Å²) in [5, 5.41) is 0. The number of hydrogen-bond donors (Lipinski definition) is 0. The molecule has 1 aliphatic heterocycles. The molecule has 1 amide bonds. The number of rotatable bonds is 4. The van der Waals surface area contributed by atoms with Crippen molar-refractivity contribution < 1.29 is 14.3 Å². The van der Waals surface area contributed by atoms with Crippen molar-refractivity contribution in [1.82, 2.24) is 4.90 Å². The Morgan fingerprint density at radius 2 is 2.00 bits per heavy atom. The van der Waals surface area contributed by atoms with Crippen molar-refractivity contribution in [2.75, 3.05) is 6.54 Å². The Morgan fingerprint density at radius 3 is 2.52 bits per heavy atom. The lowest BCUT2D eigenvalue weighted by atomic mass is 9.99. The second-order valence-corrected chi connectivity index (χ2v) is 7.83. The summed E-state index contributed by atoms with van der Waals surface area (Å²) in [6.45, 7) is 6.11. The summed E-state index contributed by atoms with van der Waals surface area (Å²) < 4.78 is 4.26. The van der Waals surface area contributed by atoms with Gasteiger partial charge in [-0.2, -0.15) is 0 Å². The SMILES string of the molecule is CCC1CCCCN1C(=O)C(C)OC(=O)C1(C)CC1(Cl)Cl. The molecule has 0 aromatic rings. The lowest BCUT2D eigenvalue weighted by Gasteiger charge is -2.36. The number of alkyl halides is 2. The van der Waals surface area contributed by atoms with Gasteiger partial charge in [0.1, 0.15) is 9.75 Å². The molecule has 0 bridgehead atoms. The predicted molar refractivity (Wildman–Crippen MR) is 82.4 cm³/mol. The predicted octanol–water partition coefficient (Wildman–Crippen LogP) is 3.29. The summed E-state index contributed by atoms with van der Waals surface area (Å²) in [6.07, 6.45) is 3.68. The van der Waals surface area contributed by atoms with E-state index in [9.17, 15) is 9.59 Å². The standard InChI is InChI=1S/C15H23Cl2NO3/c1-4-11-7-5-6-8-18(11)12(19)10(2)21-13(20)14(3)9-15(14,16)17/h10-11H,4-9H2,1-3H3. The maximum Gasteiger partial charge on any atom is 0.315 e. The summed E-state index contributed by atoms with van der Waals surface area (Å²) in [6, 6.07) is 0.254. The molecular weight excluding hydrogens is 313 g/mol. The number of likely N-dealkylation sites (tertiary alicyclic amines) is 1. The van der Waals surface area contributed by atoms with Gasteiger partial charge in [0.05, 0.1) is 0 Å². The first-order valence-electron chi connectivity index (χ1n) is 7.62. The number of carbonyl (C=O) groups excluding carboxylic acids is 2. The fourth-order valence-corrected chi connectivity index (χ4v) is 3.60. The number of hydrogen-bond acceptors (Lipinski definition) is 3. The van der Waals surface area contributed by atoms with Crippen LogP contribution >= 0.6 is 23.2 Å². The third-order valence-electron chi connectivity index (χ3n) is 4.72. The lowest BCUT2D eigenvalue weighted by molar-refractivity contribution is -0.164. The number of esters is 1. The van der Waals surface area contributed by atoms with E-state index < -0.39 is 21.8 Å². The summed E-state index contributed by atoms with van der Waals surface area (Å²) in [7, 11) is 0. The van der Waals surface area contributed by atoms with Crippen LogP contribution in [0.15, 0.2) is 0 Å². The quantitative estimate of drug-likeness (QED) is 0.585. The molecule has 2 fully saturated rings. The Hall–Kier alpha value is -0.480. The van der Waals surface area contributed by atoms with Gasteiger partial charge in [0.15, 0.2) is 6.10 Å². The van der Waals surface area contributed by atoms with Gasteiger partial charge in [-0.05, 0) is 39.5 Å². The van der Waals surface area contributed by atoms with Crippen LogP contribution in [0.4, 0.5) is 0 Å². The first-order valence-corrected chi connectivity index (χ1v) is 8.38. The van der Waals surface area contributed by atoms with Crippen molar-refractivity contribution >= 4 is 35.1 Å². The van der Waals surface area contributed by atoms with Crippen LogP contribution in [0.2, 0.25) is 0 Å². The second kappa shape index (κ2) is 5.96. The number of carbonyl (C=O) groups is 2. The van der Waals surface area contributed by atoms with Gasteiger partial charge in [0, 0.05) is 19.0 Å². The van der Waals surface area contributed by atoms with E-state index in [1.807, 2.05) is 4.90 Å². The Morgan fingerprint density at radius 1 is 1.38 bits per heavy atom. The van der Waals surface area contributed by atoms with Crippen LogP contribution in [0.3, 0.4) is 0 Å². The van der Waals surface area contributed by atoms with E-state index in [1.54, 1.807) is 13.8 Å². The molecule has 0 N–H and O–H groups in total. The van der Waals surface area contributed by atoms with Crippen LogP contribution in [0.1, 0.15) is 52.9 Å². The molecule has 1 saturated heterocycles. The molecule has 1 aliphatic carbocycles. The third kappa shape index (κ3) is 3.16. The Balaban J connectivity index is 1.95. The van der Waals surface area contributed by atoms with Crippen molar-refractivity contribution in [3.63, 3.8) is 0 Å². The normalized spacial score (nSPS) is 32.4. The molecule has 0 aromatic carbocycles. The van der Waals surface area contributed by atoms with E-state index in [4.69, 9.17) is 27.9 Å². The van der Waals surface area contributed by atoms with Crippen LogP contribution in [0, 0.1) is 5.41 Å². The molecule has 3 atom stereocenters. The third-order valence-corrected chi connectivity index (χ3v) is 5.82. The monoisotopic (exact) mass is 335 g/mol. The van der Waals surface area contributed by atoms with Crippen molar-refractivity contribution in [3.8, 4) is 0 Å². The fourth-order valence-electron chi connectivity index (χ4n) is 2.91. The van der Waals surface area contributed by atoms with Crippen molar-refractivity contribution in [3.05, 3.63) is 0 Å². The highest BCUT2D eigenvalue weighted by atomic mass is 35.5. The zero-order valence-electron chi connectivity index (χ0n) is 12.8. The number of amides is 1. The zero-order chi connectivity index (χ0) is 15.8. The zero-order valence-corrected chi connectivity index (χ0v) is 14.3. The van der Waals surface area contributed by atoms with Crippen molar-refractivity contribution in [1.29, 1.82) is 0 Å². The summed E-state index contributed by atoms with van der Waals surface area (Å²) in [5.74, 6) is -0.604. The number of nitrogens with zero attached hydrogens (tertiary/aromatic N) is 1. The maximum absolute atomic E-state index is 12.5. The largest absolute Gasteiger partial charge is 0.452 e. The Labute approximate surface area is 136 Å². The highest BCUT2D eigenvalue weighted by Gasteiger charge is 2.69. The van der Waals surface area contributed by atoms with E-state index in [0.29, 0.717) is 6.42 Å². The van der Waals surface area contributed by atoms with Gasteiger partial charge in [-0.1, -0.05) is 6.92 Å². The highest BCUT2D eigenvalue weighted by Crippen LogP contribution is 2.64. The van der Waals surface area contributed by atoms with Crippen molar-refractivity contribution in [2.24, 2.45) is 5.41 Å². The fraction of sp³-hybridized carbons (Fsp3) is 0.867. The molecule has 4 nitrogen and oxygen atoms in total. The van der Waals surface area contributed by atoms with Gasteiger partial charge < -0.3 is 9.64 Å². The van der Waals surface area contributed by atoms with Crippen LogP contribution in [-0.4, -0.2) is 39.8 Å². The minimum absolute atomic E-state index is 0.117. The number of ether oxygens (including phenoxy) is 1. The molecule has 6 heteroatoms. The molecule has 2 rings (SSSR count). The van der Waals surface area contributed by atoms with Gasteiger partial charge >= 0.3 is 5.97 Å². The molecular formula is C15H23Cl2NO3. The van der Waals surface area contributed by atoms with Crippen molar-refractivity contribution in [2.45, 2.75) is 69.4 Å². The summed E-state index contributed by atoms with van der Waals surface area (Å²) >= 11 is 11.9. The van der Waals surface area contributed by atoms with E-state index in [0.717, 1.165) is 32.2 Å². The van der Waals surface area contributed by atoms with Crippen LogP contribution in [0.25, 0.3) is 0 Å². The van der Waals surface area contributed by atoms with E-state index in [2.05, 4.69) is 6.92 Å². The minimum Gasteiger partial charge on any atom is -0.452 e. The highest BCUT2D eigenvalue weighted by molar-refractivity contribution is 6.53. The Kier molecular flexibility index (Phi) is 4.79. The van der Waals surface area contributed by atoms with Gasteiger partial charge in [0.2, 0.25) is 0 Å². The van der Waals surface area contributed by atoms with Gasteiger partial charge in [-0.3, -0.25) is 9.59 Å². The first-order chi connectivity index (χ1) is 9.73. The molecule has 2 aliphatic rings. The second-order valence-electron chi connectivity index (χ2n) is 6.35. The Bertz CT molecular complexity index is 441. The van der Waals surface area contributed by atoms with Crippen LogP contribution in [0.5, 0.6) is 0 Å². The first kappa shape index (κ1) is 16.9. The van der Waals surface area contributed by atoms with Crippen LogP contribution < -0.4 is 0 Å². The minimum atomic E-state index is -1.07. The smallest absolute Gasteiger partial charge is 0.315 e. The molecule has 0 aromatic heterocycles. The average Bonchev–Trinajstić information content (AvgIpc) is 2.98. The van der Waals surface area contributed by atoms with Gasteiger partial charge in [-0.25, -0.2) is 0 Å². The molecule has 3 unspecified atom stereocenters. The van der Waals surface area contributed by atoms with Gasteiger partial charge in [-0.15, -0.1) is 23.2 Å². The number of halogens is 2. The average molecular weight is 336 g/mol. The van der Waals surface area contributed by atoms with E-state index >= 15 is 0 Å². The molecule has 21 heavy (non-hydrogen) atoms. The number of piperidine rings is 1. The molecule has 1 saturated carbocycles. The lowest BCUT2D eigenvalue weighted by Crippen LogP contribution is -2.48. The summed E-state index contributed by atoms with van der Waals surface area (Å²) in [5.41, 5.74) is -0.892. The van der Waals surface area contributed by atoms with Crippen LogP contribution in [-0.2, 0) is 14.3 Å².